The van der Waals surface area contributed by atoms with Gasteiger partial charge in [0, 0.05) is 11.6 Å². The van der Waals surface area contributed by atoms with Gasteiger partial charge >= 0.3 is 5.97 Å². The highest BCUT2D eigenvalue weighted by atomic mass is 16.6. The molecule has 7 nitrogen and oxygen atoms in total. The summed E-state index contributed by atoms with van der Waals surface area (Å²) >= 11 is 0. The third-order valence-electron chi connectivity index (χ3n) is 6.04. The van der Waals surface area contributed by atoms with E-state index in [-0.39, 0.29) is 11.3 Å². The lowest BCUT2D eigenvalue weighted by atomic mass is 10.1. The van der Waals surface area contributed by atoms with Crippen molar-refractivity contribution in [1.29, 1.82) is 0 Å². The van der Waals surface area contributed by atoms with Gasteiger partial charge in [-0.2, -0.15) is 9.78 Å². The van der Waals surface area contributed by atoms with Gasteiger partial charge in [-0.15, -0.1) is 0 Å². The molecule has 0 unspecified atom stereocenters. The SMILES string of the molecule is CCOc1cc(C=Nn2c(-c3cccc(C)c3)nc3ccccc3c2=O)ccc1OC(=O)/C=C/c1ccccc1. The smallest absolute Gasteiger partial charge is 0.336 e. The molecule has 0 saturated heterocycles. The average Bonchev–Trinajstić information content (AvgIpc) is 2.97. The molecule has 198 valence electrons. The maximum atomic E-state index is 13.5. The van der Waals surface area contributed by atoms with Gasteiger partial charge in [-0.3, -0.25) is 4.79 Å². The van der Waals surface area contributed by atoms with E-state index in [2.05, 4.69) is 5.10 Å². The minimum absolute atomic E-state index is 0.279. The average molecular weight is 530 g/mol. The molecule has 0 aliphatic rings. The third-order valence-corrected chi connectivity index (χ3v) is 6.04. The standard InChI is InChI=1S/C33H27N3O4/c1-3-39-30-21-25(16-18-29(30)40-31(37)19-17-24-11-5-4-6-12-24)22-34-36-32(26-13-9-10-23(2)20-26)35-28-15-8-7-14-27(28)33(36)38/h4-22H,3H2,1-2H3/b19-17+,34-22?. The highest BCUT2D eigenvalue weighted by molar-refractivity contribution is 5.89. The molecule has 0 saturated carbocycles. The normalized spacial score (nSPS) is 11.3. The van der Waals surface area contributed by atoms with Crippen molar-refractivity contribution in [3.8, 4) is 22.9 Å². The molecule has 1 heterocycles. The van der Waals surface area contributed by atoms with Crippen molar-refractivity contribution in [1.82, 2.24) is 9.66 Å². The summed E-state index contributed by atoms with van der Waals surface area (Å²) in [7, 11) is 0. The number of esters is 1. The van der Waals surface area contributed by atoms with Crippen LogP contribution in [0.4, 0.5) is 0 Å². The minimum Gasteiger partial charge on any atom is -0.490 e. The number of nitrogens with zero attached hydrogens (tertiary/aromatic N) is 3. The first-order valence-electron chi connectivity index (χ1n) is 12.9. The molecule has 0 fully saturated rings. The second-order valence-corrected chi connectivity index (χ2v) is 8.99. The van der Waals surface area contributed by atoms with E-state index in [0.29, 0.717) is 34.6 Å². The summed E-state index contributed by atoms with van der Waals surface area (Å²) in [6.45, 7) is 4.20. The molecule has 7 heteroatoms. The molecule has 0 aliphatic heterocycles. The molecular formula is C33H27N3O4. The Labute approximate surface area is 231 Å². The molecule has 0 bridgehead atoms. The Bertz CT molecular complexity index is 1790. The van der Waals surface area contributed by atoms with Gasteiger partial charge in [0.2, 0.25) is 0 Å². The highest BCUT2D eigenvalue weighted by Gasteiger charge is 2.13. The number of carbonyl (C=O) groups excluding carboxylic acids is 1. The van der Waals surface area contributed by atoms with Gasteiger partial charge in [0.05, 0.1) is 23.7 Å². The van der Waals surface area contributed by atoms with Crippen LogP contribution in [0.2, 0.25) is 0 Å². The summed E-state index contributed by atoms with van der Waals surface area (Å²) in [6, 6.07) is 29.5. The Morgan fingerprint density at radius 3 is 2.50 bits per heavy atom. The van der Waals surface area contributed by atoms with Crippen molar-refractivity contribution in [2.45, 2.75) is 13.8 Å². The predicted molar refractivity (Wildman–Crippen MR) is 158 cm³/mol. The van der Waals surface area contributed by atoms with Gasteiger partial charge in [-0.25, -0.2) is 9.78 Å². The molecule has 0 aliphatic carbocycles. The molecule has 5 rings (SSSR count). The molecule has 4 aromatic carbocycles. The summed E-state index contributed by atoms with van der Waals surface area (Å²) in [5.41, 5.74) is 3.68. The number of ether oxygens (including phenoxy) is 2. The van der Waals surface area contributed by atoms with Crippen LogP contribution in [0.1, 0.15) is 23.6 Å². The fraction of sp³-hybridized carbons (Fsp3) is 0.0909. The largest absolute Gasteiger partial charge is 0.490 e. The summed E-state index contributed by atoms with van der Waals surface area (Å²) in [5, 5.41) is 5.00. The maximum absolute atomic E-state index is 13.5. The fourth-order valence-corrected chi connectivity index (χ4v) is 4.15. The molecule has 5 aromatic rings. The zero-order valence-corrected chi connectivity index (χ0v) is 22.2. The second kappa shape index (κ2) is 12.0. The molecule has 40 heavy (non-hydrogen) atoms. The van der Waals surface area contributed by atoms with Gasteiger partial charge in [-0.1, -0.05) is 66.2 Å². The first kappa shape index (κ1) is 26.3. The quantitative estimate of drug-likeness (QED) is 0.102. The monoisotopic (exact) mass is 529 g/mol. The van der Waals surface area contributed by atoms with Crippen LogP contribution in [-0.4, -0.2) is 28.5 Å². The van der Waals surface area contributed by atoms with Gasteiger partial charge in [0.1, 0.15) is 0 Å². The van der Waals surface area contributed by atoms with E-state index in [0.717, 1.165) is 16.7 Å². The second-order valence-electron chi connectivity index (χ2n) is 8.99. The van der Waals surface area contributed by atoms with Crippen LogP contribution in [0.5, 0.6) is 11.5 Å². The van der Waals surface area contributed by atoms with Crippen molar-refractivity contribution in [3.63, 3.8) is 0 Å². The molecule has 0 atom stereocenters. The number of hydrogen-bond donors (Lipinski definition) is 0. The Morgan fingerprint density at radius 1 is 0.900 bits per heavy atom. The van der Waals surface area contributed by atoms with E-state index in [1.165, 1.54) is 10.8 Å². The summed E-state index contributed by atoms with van der Waals surface area (Å²) in [6.07, 6.45) is 4.61. The van der Waals surface area contributed by atoms with E-state index in [1.54, 1.807) is 42.6 Å². The third kappa shape index (κ3) is 6.05. The number of fused-ring (bicyclic) bond motifs is 1. The van der Waals surface area contributed by atoms with Crippen LogP contribution in [0.3, 0.4) is 0 Å². The first-order chi connectivity index (χ1) is 19.5. The van der Waals surface area contributed by atoms with Crippen molar-refractivity contribution >= 4 is 29.2 Å². The summed E-state index contributed by atoms with van der Waals surface area (Å²) in [4.78, 5) is 30.7. The number of rotatable bonds is 8. The van der Waals surface area contributed by atoms with Crippen LogP contribution in [0.15, 0.2) is 113 Å². The van der Waals surface area contributed by atoms with Crippen LogP contribution in [0, 0.1) is 6.92 Å². The lowest BCUT2D eigenvalue weighted by Gasteiger charge is -2.11. The molecule has 1 aromatic heterocycles. The van der Waals surface area contributed by atoms with Crippen LogP contribution in [-0.2, 0) is 4.79 Å². The van der Waals surface area contributed by atoms with Crippen molar-refractivity contribution in [2.24, 2.45) is 5.10 Å². The molecular weight excluding hydrogens is 502 g/mol. The molecule has 0 spiro atoms. The maximum Gasteiger partial charge on any atom is 0.336 e. The zero-order chi connectivity index (χ0) is 27.9. The van der Waals surface area contributed by atoms with Gasteiger partial charge < -0.3 is 9.47 Å². The van der Waals surface area contributed by atoms with Crippen LogP contribution in [0.25, 0.3) is 28.4 Å². The lowest BCUT2D eigenvalue weighted by Crippen LogP contribution is -2.20. The zero-order valence-electron chi connectivity index (χ0n) is 22.2. The van der Waals surface area contributed by atoms with Crippen LogP contribution >= 0.6 is 0 Å². The number of para-hydroxylation sites is 1. The number of aryl methyl sites for hydroxylation is 1. The fourth-order valence-electron chi connectivity index (χ4n) is 4.15. The first-order valence-corrected chi connectivity index (χ1v) is 12.9. The lowest BCUT2D eigenvalue weighted by molar-refractivity contribution is -0.129. The number of carbonyl (C=O) groups is 1. The Balaban J connectivity index is 1.47. The van der Waals surface area contributed by atoms with E-state index in [4.69, 9.17) is 14.5 Å². The van der Waals surface area contributed by atoms with Crippen molar-refractivity contribution < 1.29 is 14.3 Å². The van der Waals surface area contributed by atoms with E-state index in [9.17, 15) is 9.59 Å². The summed E-state index contributed by atoms with van der Waals surface area (Å²) in [5.74, 6) is 0.578. The number of aromatic nitrogens is 2. The van der Waals surface area contributed by atoms with Gasteiger partial charge in [0.25, 0.3) is 5.56 Å². The molecule has 0 N–H and O–H groups in total. The van der Waals surface area contributed by atoms with Crippen molar-refractivity contribution in [2.75, 3.05) is 6.61 Å². The van der Waals surface area contributed by atoms with E-state index >= 15 is 0 Å². The van der Waals surface area contributed by atoms with Crippen LogP contribution < -0.4 is 15.0 Å². The number of hydrogen-bond acceptors (Lipinski definition) is 6. The molecule has 0 radical (unpaired) electrons. The highest BCUT2D eigenvalue weighted by Crippen LogP contribution is 2.28. The topological polar surface area (TPSA) is 82.8 Å². The van der Waals surface area contributed by atoms with E-state index < -0.39 is 5.97 Å². The molecule has 0 amide bonds. The van der Waals surface area contributed by atoms with Crippen molar-refractivity contribution in [3.05, 3.63) is 130 Å². The Hall–Kier alpha value is -5.30. The predicted octanol–water partition coefficient (Wildman–Crippen LogP) is 6.27. The Kier molecular flexibility index (Phi) is 7.92. The van der Waals surface area contributed by atoms with Gasteiger partial charge in [-0.05, 0) is 67.4 Å². The Morgan fingerprint density at radius 2 is 1.70 bits per heavy atom. The van der Waals surface area contributed by atoms with E-state index in [1.807, 2.05) is 80.6 Å². The summed E-state index contributed by atoms with van der Waals surface area (Å²) < 4.78 is 12.6. The minimum atomic E-state index is -0.525. The van der Waals surface area contributed by atoms with Gasteiger partial charge in [0.15, 0.2) is 17.3 Å². The number of benzene rings is 4.